The van der Waals surface area contributed by atoms with Crippen LogP contribution in [0.5, 0.6) is 5.75 Å². The van der Waals surface area contributed by atoms with Crippen molar-refractivity contribution in [2.24, 2.45) is 0 Å². The fraction of sp³-hybridized carbons (Fsp3) is 0.143. The molecule has 0 aliphatic rings. The number of aryl methyl sites for hydroxylation is 1. The van der Waals surface area contributed by atoms with Gasteiger partial charge in [0.1, 0.15) is 11.6 Å². The van der Waals surface area contributed by atoms with Gasteiger partial charge in [0.2, 0.25) is 0 Å². The molecule has 3 nitrogen and oxygen atoms in total. The smallest absolute Gasteiger partial charge is 0.143 e. The third-order valence-corrected chi connectivity index (χ3v) is 3.17. The number of nitrogens with two attached hydrogens (primary N) is 1. The highest BCUT2D eigenvalue weighted by Gasteiger charge is 2.09. The van der Waals surface area contributed by atoms with Gasteiger partial charge in [0.05, 0.1) is 24.2 Å². The molecule has 0 heterocycles. The van der Waals surface area contributed by atoms with Crippen LogP contribution in [-0.2, 0) is 0 Å². The predicted molar refractivity (Wildman–Crippen MR) is 76.8 cm³/mol. The summed E-state index contributed by atoms with van der Waals surface area (Å²) >= 11 is 6.03. The number of hydrogen-bond donors (Lipinski definition) is 2. The molecule has 0 fully saturated rings. The summed E-state index contributed by atoms with van der Waals surface area (Å²) in [5.41, 5.74) is 8.31. The van der Waals surface area contributed by atoms with Crippen LogP contribution < -0.4 is 15.8 Å². The molecule has 0 saturated heterocycles. The Morgan fingerprint density at radius 3 is 2.63 bits per heavy atom. The van der Waals surface area contributed by atoms with E-state index >= 15 is 0 Å². The SMILES string of the molecule is COc1cc(Cl)c(C)cc1Nc1cc(F)ccc1N. The lowest BCUT2D eigenvalue weighted by molar-refractivity contribution is 0.417. The molecular formula is C14H14ClFN2O. The maximum Gasteiger partial charge on any atom is 0.143 e. The van der Waals surface area contributed by atoms with Gasteiger partial charge in [0, 0.05) is 11.1 Å². The second-order valence-electron chi connectivity index (χ2n) is 4.16. The number of hydrogen-bond acceptors (Lipinski definition) is 3. The van der Waals surface area contributed by atoms with E-state index in [0.29, 0.717) is 27.8 Å². The Morgan fingerprint density at radius 1 is 1.21 bits per heavy atom. The number of halogens is 2. The zero-order valence-corrected chi connectivity index (χ0v) is 11.4. The van der Waals surface area contributed by atoms with Crippen molar-refractivity contribution in [3.8, 4) is 5.75 Å². The summed E-state index contributed by atoms with van der Waals surface area (Å²) in [5.74, 6) is 0.209. The molecule has 19 heavy (non-hydrogen) atoms. The lowest BCUT2D eigenvalue weighted by atomic mass is 10.2. The molecule has 0 saturated carbocycles. The average molecular weight is 281 g/mol. The first-order valence-electron chi connectivity index (χ1n) is 5.67. The third kappa shape index (κ3) is 2.90. The second kappa shape index (κ2) is 5.36. The van der Waals surface area contributed by atoms with Crippen LogP contribution in [0.15, 0.2) is 30.3 Å². The zero-order chi connectivity index (χ0) is 14.0. The van der Waals surface area contributed by atoms with Gasteiger partial charge in [0.15, 0.2) is 0 Å². The third-order valence-electron chi connectivity index (χ3n) is 2.77. The molecule has 0 aliphatic carbocycles. The van der Waals surface area contributed by atoms with E-state index in [2.05, 4.69) is 5.32 Å². The Morgan fingerprint density at radius 2 is 1.95 bits per heavy atom. The lowest BCUT2D eigenvalue weighted by Gasteiger charge is -2.14. The summed E-state index contributed by atoms with van der Waals surface area (Å²) in [6.07, 6.45) is 0. The number of anilines is 3. The quantitative estimate of drug-likeness (QED) is 0.831. The fourth-order valence-corrected chi connectivity index (χ4v) is 1.87. The summed E-state index contributed by atoms with van der Waals surface area (Å²) in [4.78, 5) is 0. The normalized spacial score (nSPS) is 10.3. The highest BCUT2D eigenvalue weighted by molar-refractivity contribution is 6.31. The van der Waals surface area contributed by atoms with Crippen LogP contribution in [0.4, 0.5) is 21.5 Å². The summed E-state index contributed by atoms with van der Waals surface area (Å²) < 4.78 is 18.5. The molecule has 5 heteroatoms. The summed E-state index contributed by atoms with van der Waals surface area (Å²) in [6, 6.07) is 7.68. The van der Waals surface area contributed by atoms with Crippen LogP contribution in [0.2, 0.25) is 5.02 Å². The molecule has 2 aromatic rings. The van der Waals surface area contributed by atoms with Crippen molar-refractivity contribution in [1.82, 2.24) is 0 Å². The fourth-order valence-electron chi connectivity index (χ4n) is 1.71. The first-order valence-corrected chi connectivity index (χ1v) is 6.05. The van der Waals surface area contributed by atoms with Gasteiger partial charge in [-0.1, -0.05) is 11.6 Å². The Labute approximate surface area is 116 Å². The van der Waals surface area contributed by atoms with Crippen molar-refractivity contribution in [3.63, 3.8) is 0 Å². The minimum Gasteiger partial charge on any atom is -0.495 e. The number of nitrogens with one attached hydrogen (secondary N) is 1. The van der Waals surface area contributed by atoms with Crippen molar-refractivity contribution in [3.05, 3.63) is 46.7 Å². The molecule has 0 atom stereocenters. The van der Waals surface area contributed by atoms with Crippen LogP contribution in [0, 0.1) is 12.7 Å². The molecule has 0 radical (unpaired) electrons. The van der Waals surface area contributed by atoms with Crippen LogP contribution in [0.1, 0.15) is 5.56 Å². The summed E-state index contributed by atoms with van der Waals surface area (Å²) in [5, 5.41) is 3.66. The van der Waals surface area contributed by atoms with Gasteiger partial charge < -0.3 is 15.8 Å². The highest BCUT2D eigenvalue weighted by atomic mass is 35.5. The monoisotopic (exact) mass is 280 g/mol. The van der Waals surface area contributed by atoms with Crippen molar-refractivity contribution < 1.29 is 9.13 Å². The molecule has 0 spiro atoms. The first-order chi connectivity index (χ1) is 9.01. The van der Waals surface area contributed by atoms with Crippen molar-refractivity contribution in [1.29, 1.82) is 0 Å². The number of benzene rings is 2. The van der Waals surface area contributed by atoms with Crippen LogP contribution in [0.25, 0.3) is 0 Å². The van der Waals surface area contributed by atoms with E-state index in [-0.39, 0.29) is 5.82 Å². The van der Waals surface area contributed by atoms with Crippen LogP contribution in [0.3, 0.4) is 0 Å². The predicted octanol–water partition coefficient (Wildman–Crippen LogP) is 4.12. The number of ether oxygens (including phenoxy) is 1. The Bertz CT molecular complexity index is 617. The topological polar surface area (TPSA) is 47.3 Å². The van der Waals surface area contributed by atoms with E-state index in [1.54, 1.807) is 13.2 Å². The summed E-state index contributed by atoms with van der Waals surface area (Å²) in [6.45, 7) is 1.88. The standard InChI is InChI=1S/C14H14ClFN2O/c1-8-5-13(14(19-2)7-10(8)15)18-12-6-9(16)3-4-11(12)17/h3-7,18H,17H2,1-2H3. The van der Waals surface area contributed by atoms with Crippen LogP contribution in [-0.4, -0.2) is 7.11 Å². The molecule has 0 amide bonds. The van der Waals surface area contributed by atoms with Gasteiger partial charge in [-0.3, -0.25) is 0 Å². The lowest BCUT2D eigenvalue weighted by Crippen LogP contribution is -1.99. The van der Waals surface area contributed by atoms with E-state index in [1.807, 2.05) is 13.0 Å². The number of methoxy groups -OCH3 is 1. The van der Waals surface area contributed by atoms with Gasteiger partial charge in [-0.2, -0.15) is 0 Å². The Kier molecular flexibility index (Phi) is 3.81. The zero-order valence-electron chi connectivity index (χ0n) is 10.6. The molecule has 0 aromatic heterocycles. The molecule has 2 rings (SSSR count). The van der Waals surface area contributed by atoms with Gasteiger partial charge >= 0.3 is 0 Å². The van der Waals surface area contributed by atoms with Gasteiger partial charge in [0.25, 0.3) is 0 Å². The van der Waals surface area contributed by atoms with Crippen molar-refractivity contribution >= 4 is 28.7 Å². The van der Waals surface area contributed by atoms with Crippen molar-refractivity contribution in [2.45, 2.75) is 6.92 Å². The average Bonchev–Trinajstić information content (AvgIpc) is 2.38. The van der Waals surface area contributed by atoms with E-state index in [9.17, 15) is 4.39 Å². The number of nitrogen functional groups attached to an aromatic ring is 1. The largest absolute Gasteiger partial charge is 0.495 e. The second-order valence-corrected chi connectivity index (χ2v) is 4.57. The number of rotatable bonds is 3. The Balaban J connectivity index is 2.42. The minimum absolute atomic E-state index is 0.360. The molecule has 2 aromatic carbocycles. The van der Waals surface area contributed by atoms with Gasteiger partial charge in [-0.25, -0.2) is 4.39 Å². The maximum atomic E-state index is 13.2. The van der Waals surface area contributed by atoms with Crippen LogP contribution >= 0.6 is 11.6 Å². The van der Waals surface area contributed by atoms with Gasteiger partial charge in [-0.15, -0.1) is 0 Å². The molecule has 0 bridgehead atoms. The molecule has 100 valence electrons. The van der Waals surface area contributed by atoms with E-state index in [4.69, 9.17) is 22.1 Å². The molecule has 0 aliphatic heterocycles. The van der Waals surface area contributed by atoms with Crippen molar-refractivity contribution in [2.75, 3.05) is 18.2 Å². The van der Waals surface area contributed by atoms with E-state index in [1.165, 1.54) is 18.2 Å². The molecule has 0 unspecified atom stereocenters. The van der Waals surface area contributed by atoms with Gasteiger partial charge in [-0.05, 0) is 36.8 Å². The van der Waals surface area contributed by atoms with E-state index in [0.717, 1.165) is 5.56 Å². The molecule has 3 N–H and O–H groups in total. The summed E-state index contributed by atoms with van der Waals surface area (Å²) in [7, 11) is 1.54. The Hall–Kier alpha value is -1.94. The van der Waals surface area contributed by atoms with E-state index < -0.39 is 0 Å². The molecular weight excluding hydrogens is 267 g/mol. The highest BCUT2D eigenvalue weighted by Crippen LogP contribution is 2.34. The first kappa shape index (κ1) is 13.5. The minimum atomic E-state index is -0.360. The maximum absolute atomic E-state index is 13.2.